The molecule has 1 atom stereocenters. The van der Waals surface area contributed by atoms with Gasteiger partial charge in [-0.3, -0.25) is 4.68 Å². The molecule has 1 N–H and O–H groups in total. The molecule has 0 aliphatic heterocycles. The first-order chi connectivity index (χ1) is 9.32. The van der Waals surface area contributed by atoms with Crippen molar-refractivity contribution in [2.45, 2.75) is 54.1 Å². The van der Waals surface area contributed by atoms with Crippen LogP contribution in [0.1, 0.15) is 53.3 Å². The fraction of sp³-hybridized carbons (Fsp3) is 0.812. The van der Waals surface area contributed by atoms with Gasteiger partial charge in [0.05, 0.1) is 25.0 Å². The largest absolute Gasteiger partial charge is 0.493 e. The standard InChI is InChI=1S/C16H29N3O/c1-8-17-12(14-15(3,4)16(14,5)6)13-11(20-7)10-18-19(13)9-2/h10,12,14,17H,8-9H2,1-7H3. The van der Waals surface area contributed by atoms with Crippen molar-refractivity contribution in [3.63, 3.8) is 0 Å². The Morgan fingerprint density at radius 1 is 1.30 bits per heavy atom. The van der Waals surface area contributed by atoms with E-state index in [2.05, 4.69) is 56.6 Å². The van der Waals surface area contributed by atoms with Gasteiger partial charge in [0, 0.05) is 6.54 Å². The van der Waals surface area contributed by atoms with Crippen LogP contribution in [-0.4, -0.2) is 23.4 Å². The maximum absolute atomic E-state index is 5.55. The van der Waals surface area contributed by atoms with E-state index in [9.17, 15) is 0 Å². The quantitative estimate of drug-likeness (QED) is 0.869. The number of nitrogens with zero attached hydrogens (tertiary/aromatic N) is 2. The average molecular weight is 279 g/mol. The second kappa shape index (κ2) is 5.06. The first kappa shape index (κ1) is 15.4. The minimum atomic E-state index is 0.294. The van der Waals surface area contributed by atoms with Gasteiger partial charge in [0.25, 0.3) is 0 Å². The predicted octanol–water partition coefficient (Wildman–Crippen LogP) is 3.24. The van der Waals surface area contributed by atoms with Crippen LogP contribution in [0.4, 0.5) is 0 Å². The van der Waals surface area contributed by atoms with E-state index in [0.717, 1.165) is 18.8 Å². The van der Waals surface area contributed by atoms with Gasteiger partial charge in [-0.25, -0.2) is 0 Å². The maximum Gasteiger partial charge on any atom is 0.161 e. The van der Waals surface area contributed by atoms with Crippen LogP contribution in [0, 0.1) is 16.7 Å². The van der Waals surface area contributed by atoms with E-state index in [1.807, 2.05) is 6.20 Å². The molecule has 2 rings (SSSR count). The molecule has 4 heteroatoms. The van der Waals surface area contributed by atoms with E-state index in [-0.39, 0.29) is 0 Å². The van der Waals surface area contributed by atoms with E-state index in [1.54, 1.807) is 7.11 Å². The van der Waals surface area contributed by atoms with Gasteiger partial charge in [0.1, 0.15) is 0 Å². The molecule has 1 aromatic rings. The van der Waals surface area contributed by atoms with Crippen molar-refractivity contribution in [3.8, 4) is 5.75 Å². The van der Waals surface area contributed by atoms with Crippen LogP contribution >= 0.6 is 0 Å². The van der Waals surface area contributed by atoms with Crippen LogP contribution in [0.15, 0.2) is 6.20 Å². The minimum absolute atomic E-state index is 0.294. The Bertz CT molecular complexity index is 441. The summed E-state index contributed by atoms with van der Waals surface area (Å²) < 4.78 is 7.61. The molecule has 114 valence electrons. The third-order valence-electron chi connectivity index (χ3n) is 5.55. The van der Waals surface area contributed by atoms with E-state index in [1.165, 1.54) is 5.69 Å². The summed E-state index contributed by atoms with van der Waals surface area (Å²) in [4.78, 5) is 0. The zero-order valence-corrected chi connectivity index (χ0v) is 13.9. The molecular weight excluding hydrogens is 250 g/mol. The highest BCUT2D eigenvalue weighted by molar-refractivity contribution is 5.33. The van der Waals surface area contributed by atoms with Crippen molar-refractivity contribution in [2.24, 2.45) is 16.7 Å². The summed E-state index contributed by atoms with van der Waals surface area (Å²) >= 11 is 0. The minimum Gasteiger partial charge on any atom is -0.493 e. The molecule has 0 aromatic carbocycles. The number of aryl methyl sites for hydroxylation is 1. The molecule has 0 radical (unpaired) electrons. The second-order valence-electron chi connectivity index (χ2n) is 6.87. The predicted molar refractivity (Wildman–Crippen MR) is 81.9 cm³/mol. The van der Waals surface area contributed by atoms with Gasteiger partial charge in [-0.1, -0.05) is 34.6 Å². The van der Waals surface area contributed by atoms with Crippen molar-refractivity contribution in [2.75, 3.05) is 13.7 Å². The molecule has 1 heterocycles. The lowest BCUT2D eigenvalue weighted by molar-refractivity contribution is 0.357. The molecule has 0 bridgehead atoms. The van der Waals surface area contributed by atoms with Crippen LogP contribution in [0.25, 0.3) is 0 Å². The summed E-state index contributed by atoms with van der Waals surface area (Å²) in [7, 11) is 1.73. The second-order valence-corrected chi connectivity index (χ2v) is 6.87. The van der Waals surface area contributed by atoms with Gasteiger partial charge in [0.2, 0.25) is 0 Å². The maximum atomic E-state index is 5.55. The van der Waals surface area contributed by atoms with E-state index in [4.69, 9.17) is 4.74 Å². The molecular formula is C16H29N3O. The number of nitrogens with one attached hydrogen (secondary N) is 1. The van der Waals surface area contributed by atoms with Gasteiger partial charge < -0.3 is 10.1 Å². The highest BCUT2D eigenvalue weighted by Gasteiger charge is 2.67. The SMILES string of the molecule is CCNC(c1c(OC)cnn1CC)C1C(C)(C)C1(C)C. The summed E-state index contributed by atoms with van der Waals surface area (Å²) in [6.45, 7) is 15.6. The average Bonchev–Trinajstić information content (AvgIpc) is 2.72. The first-order valence-corrected chi connectivity index (χ1v) is 7.65. The molecule has 0 saturated heterocycles. The number of ether oxygens (including phenoxy) is 1. The number of hydrogen-bond acceptors (Lipinski definition) is 3. The monoisotopic (exact) mass is 279 g/mol. The summed E-state index contributed by atoms with van der Waals surface area (Å²) in [5.74, 6) is 1.49. The Hall–Kier alpha value is -1.03. The molecule has 0 amide bonds. The molecule has 4 nitrogen and oxygen atoms in total. The summed E-state index contributed by atoms with van der Waals surface area (Å²) in [6.07, 6.45) is 1.84. The highest BCUT2D eigenvalue weighted by Crippen LogP contribution is 2.72. The van der Waals surface area contributed by atoms with E-state index >= 15 is 0 Å². The Morgan fingerprint density at radius 3 is 2.30 bits per heavy atom. The molecule has 0 spiro atoms. The van der Waals surface area contributed by atoms with Crippen molar-refractivity contribution in [1.82, 2.24) is 15.1 Å². The number of rotatable bonds is 6. The molecule has 1 fully saturated rings. The van der Waals surface area contributed by atoms with Crippen LogP contribution in [0.5, 0.6) is 5.75 Å². The zero-order chi connectivity index (χ0) is 15.1. The third kappa shape index (κ3) is 2.05. The Balaban J connectivity index is 2.43. The Morgan fingerprint density at radius 2 is 1.90 bits per heavy atom. The van der Waals surface area contributed by atoms with Crippen LogP contribution < -0.4 is 10.1 Å². The lowest BCUT2D eigenvalue weighted by atomic mass is 10.0. The van der Waals surface area contributed by atoms with Gasteiger partial charge in [-0.15, -0.1) is 0 Å². The van der Waals surface area contributed by atoms with Gasteiger partial charge in [-0.2, -0.15) is 5.10 Å². The van der Waals surface area contributed by atoms with Gasteiger partial charge >= 0.3 is 0 Å². The van der Waals surface area contributed by atoms with Crippen LogP contribution in [0.3, 0.4) is 0 Å². The van der Waals surface area contributed by atoms with E-state index in [0.29, 0.717) is 22.8 Å². The lowest BCUT2D eigenvalue weighted by Crippen LogP contribution is -2.28. The topological polar surface area (TPSA) is 39.1 Å². The fourth-order valence-corrected chi connectivity index (χ4v) is 3.77. The summed E-state index contributed by atoms with van der Waals surface area (Å²) in [5, 5.41) is 8.13. The van der Waals surface area contributed by atoms with Crippen molar-refractivity contribution < 1.29 is 4.74 Å². The number of hydrogen-bond donors (Lipinski definition) is 1. The fourth-order valence-electron chi connectivity index (χ4n) is 3.77. The normalized spacial score (nSPS) is 21.8. The molecule has 1 unspecified atom stereocenters. The molecule has 1 saturated carbocycles. The summed E-state index contributed by atoms with van der Waals surface area (Å²) in [5.41, 5.74) is 1.85. The van der Waals surface area contributed by atoms with Crippen LogP contribution in [0.2, 0.25) is 0 Å². The van der Waals surface area contributed by atoms with Crippen molar-refractivity contribution >= 4 is 0 Å². The van der Waals surface area contributed by atoms with Crippen molar-refractivity contribution in [1.29, 1.82) is 0 Å². The third-order valence-corrected chi connectivity index (χ3v) is 5.55. The zero-order valence-electron chi connectivity index (χ0n) is 13.9. The number of methoxy groups -OCH3 is 1. The molecule has 1 aromatic heterocycles. The summed E-state index contributed by atoms with van der Waals surface area (Å²) in [6, 6.07) is 0.294. The molecule has 1 aliphatic carbocycles. The Kier molecular flexibility index (Phi) is 3.89. The lowest BCUT2D eigenvalue weighted by Gasteiger charge is -2.22. The van der Waals surface area contributed by atoms with Gasteiger partial charge in [0.15, 0.2) is 5.75 Å². The van der Waals surface area contributed by atoms with E-state index < -0.39 is 0 Å². The smallest absolute Gasteiger partial charge is 0.161 e. The van der Waals surface area contributed by atoms with Crippen LogP contribution in [-0.2, 0) is 6.54 Å². The van der Waals surface area contributed by atoms with Gasteiger partial charge in [-0.05, 0) is 30.2 Å². The molecule has 1 aliphatic rings. The number of aromatic nitrogens is 2. The van der Waals surface area contributed by atoms with Crippen molar-refractivity contribution in [3.05, 3.63) is 11.9 Å². The highest BCUT2D eigenvalue weighted by atomic mass is 16.5. The first-order valence-electron chi connectivity index (χ1n) is 7.65. The molecule has 20 heavy (non-hydrogen) atoms. The Labute approximate surface area is 122 Å².